The van der Waals surface area contributed by atoms with Crippen LogP contribution in [-0.2, 0) is 4.79 Å². The van der Waals surface area contributed by atoms with Crippen molar-refractivity contribution in [3.8, 4) is 11.3 Å². The van der Waals surface area contributed by atoms with Crippen LogP contribution < -0.4 is 16.0 Å². The number of nitrogens with zero attached hydrogens (tertiary/aromatic N) is 1. The van der Waals surface area contributed by atoms with Gasteiger partial charge in [0.05, 0.1) is 5.69 Å². The first kappa shape index (κ1) is 17.5. The smallest absolute Gasteiger partial charge is 0.245 e. The van der Waals surface area contributed by atoms with Crippen LogP contribution in [0.15, 0.2) is 73.6 Å². The Morgan fingerprint density at radius 1 is 1.31 bits per heavy atom. The molecule has 0 fully saturated rings. The Hall–Kier alpha value is -3.34. The number of anilines is 1. The van der Waals surface area contributed by atoms with Crippen LogP contribution in [0.2, 0.25) is 0 Å². The van der Waals surface area contributed by atoms with Crippen LogP contribution in [0.4, 0.5) is 5.69 Å². The molecule has 0 aliphatic carbocycles. The van der Waals surface area contributed by atoms with Crippen molar-refractivity contribution < 1.29 is 4.79 Å². The van der Waals surface area contributed by atoms with Crippen molar-refractivity contribution in [2.45, 2.75) is 6.42 Å². The predicted molar refractivity (Wildman–Crippen MR) is 106 cm³/mol. The summed E-state index contributed by atoms with van der Waals surface area (Å²) < 4.78 is 0. The lowest BCUT2D eigenvalue weighted by atomic mass is 10.1. The molecule has 5 heteroatoms. The second-order valence-corrected chi connectivity index (χ2v) is 5.96. The van der Waals surface area contributed by atoms with E-state index in [4.69, 9.17) is 0 Å². The fourth-order valence-electron chi connectivity index (χ4n) is 2.77. The van der Waals surface area contributed by atoms with Gasteiger partial charge < -0.3 is 16.0 Å². The number of benzene rings is 1. The number of para-hydroxylation sites is 1. The quantitative estimate of drug-likeness (QED) is 0.673. The van der Waals surface area contributed by atoms with Gasteiger partial charge in [-0.05, 0) is 18.2 Å². The molecule has 132 valence electrons. The van der Waals surface area contributed by atoms with Gasteiger partial charge in [-0.1, -0.05) is 30.9 Å². The molecule has 0 spiro atoms. The number of nitrogens with one attached hydrogen (secondary N) is 3. The van der Waals surface area contributed by atoms with Crippen LogP contribution in [0.25, 0.3) is 17.0 Å². The van der Waals surface area contributed by atoms with E-state index in [1.165, 1.54) is 0 Å². The molecule has 1 aromatic heterocycles. The number of carbonyl (C=O) groups is 1. The summed E-state index contributed by atoms with van der Waals surface area (Å²) in [5.41, 5.74) is 5.41. The molecule has 5 nitrogen and oxygen atoms in total. The minimum atomic E-state index is -0.0795. The van der Waals surface area contributed by atoms with Crippen molar-refractivity contribution in [1.82, 2.24) is 15.6 Å². The van der Waals surface area contributed by atoms with Gasteiger partial charge >= 0.3 is 0 Å². The average Bonchev–Trinajstić information content (AvgIpc) is 2.67. The third kappa shape index (κ3) is 4.19. The highest BCUT2D eigenvalue weighted by Gasteiger charge is 2.11. The monoisotopic (exact) mass is 346 g/mol. The van der Waals surface area contributed by atoms with Crippen molar-refractivity contribution in [3.05, 3.63) is 79.2 Å². The van der Waals surface area contributed by atoms with Gasteiger partial charge in [0.2, 0.25) is 5.91 Å². The van der Waals surface area contributed by atoms with Crippen molar-refractivity contribution in [1.29, 1.82) is 0 Å². The SMILES string of the molecule is C=CCNc1ccccc1-c1cc(C(=C)NC2=CC(=O)NCC2)ccn1. The Kier molecular flexibility index (Phi) is 5.49. The minimum Gasteiger partial charge on any atom is -0.381 e. The lowest BCUT2D eigenvalue weighted by molar-refractivity contribution is -0.116. The molecule has 0 atom stereocenters. The first-order valence-corrected chi connectivity index (χ1v) is 8.52. The average molecular weight is 346 g/mol. The zero-order valence-electron chi connectivity index (χ0n) is 14.6. The Balaban J connectivity index is 1.83. The van der Waals surface area contributed by atoms with Crippen LogP contribution in [0.5, 0.6) is 0 Å². The largest absolute Gasteiger partial charge is 0.381 e. The molecule has 1 aliphatic rings. The Labute approximate surface area is 153 Å². The van der Waals surface area contributed by atoms with Crippen LogP contribution in [0, 0.1) is 0 Å². The second kappa shape index (κ2) is 8.16. The van der Waals surface area contributed by atoms with Crippen molar-refractivity contribution >= 4 is 17.3 Å². The van der Waals surface area contributed by atoms with E-state index < -0.39 is 0 Å². The van der Waals surface area contributed by atoms with Crippen LogP contribution in [0.1, 0.15) is 12.0 Å². The summed E-state index contributed by atoms with van der Waals surface area (Å²) in [5, 5.41) is 9.34. The van der Waals surface area contributed by atoms with E-state index in [1.807, 2.05) is 42.5 Å². The van der Waals surface area contributed by atoms with Gasteiger partial charge in [0.15, 0.2) is 0 Å². The van der Waals surface area contributed by atoms with E-state index in [2.05, 4.69) is 34.1 Å². The molecule has 1 aromatic carbocycles. The van der Waals surface area contributed by atoms with Crippen molar-refractivity contribution in [2.24, 2.45) is 0 Å². The number of amides is 1. The minimum absolute atomic E-state index is 0.0795. The molecule has 2 heterocycles. The highest BCUT2D eigenvalue weighted by atomic mass is 16.1. The zero-order valence-corrected chi connectivity index (χ0v) is 14.6. The highest BCUT2D eigenvalue weighted by Crippen LogP contribution is 2.27. The van der Waals surface area contributed by atoms with Gasteiger partial charge in [-0.15, -0.1) is 6.58 Å². The molecule has 26 heavy (non-hydrogen) atoms. The number of pyridine rings is 1. The fraction of sp³-hybridized carbons (Fsp3) is 0.143. The lowest BCUT2D eigenvalue weighted by Gasteiger charge is -2.18. The zero-order chi connectivity index (χ0) is 18.4. The van der Waals surface area contributed by atoms with Gasteiger partial charge in [-0.3, -0.25) is 9.78 Å². The Morgan fingerprint density at radius 3 is 2.96 bits per heavy atom. The van der Waals surface area contributed by atoms with Gasteiger partial charge in [-0.25, -0.2) is 0 Å². The van der Waals surface area contributed by atoms with E-state index in [0.717, 1.165) is 40.3 Å². The number of aromatic nitrogens is 1. The molecule has 1 amide bonds. The molecular weight excluding hydrogens is 324 g/mol. The summed E-state index contributed by atoms with van der Waals surface area (Å²) in [6.45, 7) is 9.17. The first-order valence-electron chi connectivity index (χ1n) is 8.52. The topological polar surface area (TPSA) is 66.0 Å². The summed E-state index contributed by atoms with van der Waals surface area (Å²) in [6, 6.07) is 11.9. The number of rotatable bonds is 7. The lowest BCUT2D eigenvalue weighted by Crippen LogP contribution is -2.30. The molecule has 0 saturated carbocycles. The number of hydrogen-bond acceptors (Lipinski definition) is 4. The normalized spacial score (nSPS) is 13.4. The molecule has 0 bridgehead atoms. The summed E-state index contributed by atoms with van der Waals surface area (Å²) in [4.78, 5) is 16.0. The maximum Gasteiger partial charge on any atom is 0.245 e. The van der Waals surface area contributed by atoms with Gasteiger partial charge in [-0.2, -0.15) is 0 Å². The predicted octanol–water partition coefficient (Wildman–Crippen LogP) is 3.31. The molecular formula is C21H22N4O. The Morgan fingerprint density at radius 2 is 2.15 bits per heavy atom. The fourth-order valence-corrected chi connectivity index (χ4v) is 2.77. The van der Waals surface area contributed by atoms with E-state index in [-0.39, 0.29) is 5.91 Å². The summed E-state index contributed by atoms with van der Waals surface area (Å²) >= 11 is 0. The van der Waals surface area contributed by atoms with Gasteiger partial charge in [0.1, 0.15) is 0 Å². The first-order chi connectivity index (χ1) is 12.7. The maximum absolute atomic E-state index is 11.5. The molecule has 2 aromatic rings. The Bertz CT molecular complexity index is 870. The second-order valence-electron chi connectivity index (χ2n) is 5.96. The van der Waals surface area contributed by atoms with Gasteiger partial charge in [0.25, 0.3) is 0 Å². The van der Waals surface area contributed by atoms with Gasteiger partial charge in [0, 0.05) is 60.0 Å². The molecule has 0 saturated heterocycles. The third-order valence-corrected chi connectivity index (χ3v) is 4.06. The van der Waals surface area contributed by atoms with E-state index in [0.29, 0.717) is 13.1 Å². The van der Waals surface area contributed by atoms with E-state index in [1.54, 1.807) is 12.3 Å². The van der Waals surface area contributed by atoms with Crippen molar-refractivity contribution in [3.63, 3.8) is 0 Å². The summed E-state index contributed by atoms with van der Waals surface area (Å²) in [6.07, 6.45) is 5.92. The molecule has 0 radical (unpaired) electrons. The van der Waals surface area contributed by atoms with Crippen LogP contribution in [-0.4, -0.2) is 24.0 Å². The third-order valence-electron chi connectivity index (χ3n) is 4.06. The molecule has 3 N–H and O–H groups in total. The molecule has 1 aliphatic heterocycles. The van der Waals surface area contributed by atoms with E-state index >= 15 is 0 Å². The molecule has 0 unspecified atom stereocenters. The number of carbonyl (C=O) groups excluding carboxylic acids is 1. The number of hydrogen-bond donors (Lipinski definition) is 3. The molecule has 3 rings (SSSR count). The van der Waals surface area contributed by atoms with E-state index in [9.17, 15) is 4.79 Å². The van der Waals surface area contributed by atoms with Crippen LogP contribution >= 0.6 is 0 Å². The highest BCUT2D eigenvalue weighted by molar-refractivity contribution is 5.89. The van der Waals surface area contributed by atoms with Crippen molar-refractivity contribution in [2.75, 3.05) is 18.4 Å². The summed E-state index contributed by atoms with van der Waals surface area (Å²) in [5.74, 6) is -0.0795. The maximum atomic E-state index is 11.5. The summed E-state index contributed by atoms with van der Waals surface area (Å²) in [7, 11) is 0. The standard InChI is InChI=1S/C21H22N4O/c1-3-10-22-19-7-5-4-6-18(19)20-13-16(8-11-23-20)15(2)25-17-9-12-24-21(26)14-17/h3-8,11,13-14,22,25H,1-2,9-10,12H2,(H,24,26). The van der Waals surface area contributed by atoms with Crippen LogP contribution in [0.3, 0.4) is 0 Å².